The van der Waals surface area contributed by atoms with E-state index < -0.39 is 12.1 Å². The van der Waals surface area contributed by atoms with Gasteiger partial charge in [-0.1, -0.05) is 43.5 Å². The number of hydrogen-bond donors (Lipinski definition) is 2. The number of ether oxygens (including phenoxy) is 1. The van der Waals surface area contributed by atoms with Gasteiger partial charge in [0, 0.05) is 51.1 Å². The molecule has 0 aromatic heterocycles. The Morgan fingerprint density at radius 1 is 0.972 bits per heavy atom. The third kappa shape index (κ3) is 6.79. The molecule has 9 heteroatoms. The molecular weight excluding hydrogens is 473 g/mol. The van der Waals surface area contributed by atoms with Gasteiger partial charge in [-0.05, 0) is 48.6 Å². The van der Waals surface area contributed by atoms with Crippen molar-refractivity contribution in [3.8, 4) is 0 Å². The second-order valence-corrected chi connectivity index (χ2v) is 10.7. The van der Waals surface area contributed by atoms with Gasteiger partial charge in [-0.15, -0.1) is 0 Å². The molecule has 0 bridgehead atoms. The number of likely N-dealkylation sites (tertiary alicyclic amines) is 1. The maximum Gasteiger partial charge on any atom is 0.490 e. The molecule has 3 atom stereocenters. The number of nitrogens with zero attached hydrogens (tertiary/aromatic N) is 1. The van der Waals surface area contributed by atoms with Crippen LogP contribution in [0.15, 0.2) is 24.3 Å². The molecule has 2 N–H and O–H groups in total. The summed E-state index contributed by atoms with van der Waals surface area (Å²) in [5.41, 5.74) is 2.86. The molecule has 0 radical (unpaired) electrons. The molecule has 0 spiro atoms. The van der Waals surface area contributed by atoms with Gasteiger partial charge < -0.3 is 20.1 Å². The van der Waals surface area contributed by atoms with Crippen molar-refractivity contribution in [1.82, 2.24) is 10.2 Å². The molecule has 5 rings (SSSR count). The highest BCUT2D eigenvalue weighted by atomic mass is 19.4. The van der Waals surface area contributed by atoms with Crippen molar-refractivity contribution in [2.45, 2.75) is 69.5 Å². The molecule has 3 fully saturated rings. The van der Waals surface area contributed by atoms with E-state index in [0.717, 1.165) is 38.5 Å². The van der Waals surface area contributed by atoms with Gasteiger partial charge in [0.25, 0.3) is 0 Å². The lowest BCUT2D eigenvalue weighted by Crippen LogP contribution is -2.36. The Labute approximate surface area is 210 Å². The van der Waals surface area contributed by atoms with Crippen molar-refractivity contribution in [2.75, 3.05) is 32.8 Å². The van der Waals surface area contributed by atoms with Gasteiger partial charge >= 0.3 is 12.1 Å². The van der Waals surface area contributed by atoms with Crippen LogP contribution in [0.5, 0.6) is 0 Å². The minimum Gasteiger partial charge on any atom is -0.475 e. The van der Waals surface area contributed by atoms with E-state index >= 15 is 0 Å². The number of carbonyl (C=O) groups excluding carboxylic acids is 1. The van der Waals surface area contributed by atoms with Crippen LogP contribution in [0.4, 0.5) is 13.2 Å². The predicted molar refractivity (Wildman–Crippen MR) is 128 cm³/mol. The summed E-state index contributed by atoms with van der Waals surface area (Å²) in [4.78, 5) is 24.5. The molecule has 1 saturated carbocycles. The Morgan fingerprint density at radius 3 is 2.25 bits per heavy atom. The topological polar surface area (TPSA) is 78.9 Å². The van der Waals surface area contributed by atoms with Crippen LogP contribution < -0.4 is 5.32 Å². The average molecular weight is 511 g/mol. The number of halogens is 3. The largest absolute Gasteiger partial charge is 0.490 e. The zero-order valence-corrected chi connectivity index (χ0v) is 20.6. The lowest BCUT2D eigenvalue weighted by molar-refractivity contribution is -0.192. The van der Waals surface area contributed by atoms with Crippen molar-refractivity contribution in [2.24, 2.45) is 17.8 Å². The molecule has 6 nitrogen and oxygen atoms in total. The number of carbonyl (C=O) groups is 2. The third-order valence-electron chi connectivity index (χ3n) is 8.21. The Kier molecular flexibility index (Phi) is 8.93. The molecule has 2 saturated heterocycles. The first-order chi connectivity index (χ1) is 17.2. The van der Waals surface area contributed by atoms with Crippen LogP contribution in [-0.2, 0) is 14.3 Å². The number of nitrogens with one attached hydrogen (secondary N) is 1. The van der Waals surface area contributed by atoms with Crippen LogP contribution in [0.25, 0.3) is 0 Å². The van der Waals surface area contributed by atoms with Crippen molar-refractivity contribution < 1.29 is 32.6 Å². The summed E-state index contributed by atoms with van der Waals surface area (Å²) >= 11 is 0. The summed E-state index contributed by atoms with van der Waals surface area (Å²) in [7, 11) is 0. The van der Waals surface area contributed by atoms with Gasteiger partial charge in [-0.2, -0.15) is 13.2 Å². The number of fused-ring (bicyclic) bond motifs is 3. The number of carboxylic acids is 1. The lowest BCUT2D eigenvalue weighted by Gasteiger charge is -2.28. The van der Waals surface area contributed by atoms with Crippen LogP contribution >= 0.6 is 0 Å². The molecular formula is C27H37F3N2O4. The first kappa shape index (κ1) is 26.9. The molecule has 1 aromatic rings. The lowest BCUT2D eigenvalue weighted by atomic mass is 9.89. The summed E-state index contributed by atoms with van der Waals surface area (Å²) in [6.45, 7) is 5.19. The van der Waals surface area contributed by atoms with Gasteiger partial charge in [-0.3, -0.25) is 4.79 Å². The minimum atomic E-state index is -5.08. The second-order valence-electron chi connectivity index (χ2n) is 10.7. The van der Waals surface area contributed by atoms with Gasteiger partial charge in [0.2, 0.25) is 5.91 Å². The number of aliphatic carboxylic acids is 1. The third-order valence-corrected chi connectivity index (χ3v) is 8.21. The van der Waals surface area contributed by atoms with E-state index in [9.17, 15) is 18.0 Å². The van der Waals surface area contributed by atoms with E-state index in [1.54, 1.807) is 0 Å². The van der Waals surface area contributed by atoms with Gasteiger partial charge in [0.1, 0.15) is 0 Å². The Hall–Kier alpha value is -2.13. The smallest absolute Gasteiger partial charge is 0.475 e. The van der Waals surface area contributed by atoms with Crippen molar-refractivity contribution in [3.63, 3.8) is 0 Å². The minimum absolute atomic E-state index is 0.194. The van der Waals surface area contributed by atoms with E-state index in [2.05, 4.69) is 34.5 Å². The van der Waals surface area contributed by atoms with Gasteiger partial charge in [0.05, 0.1) is 6.04 Å². The molecule has 0 unspecified atom stereocenters. The SMILES string of the molecule is O=C(CC1CCOCC1)N[C@@H]1c2ccccc2[C@@H]2CN(CC3CCCCC3)C[C@H]12.O=C(O)C(F)(F)F. The fourth-order valence-corrected chi connectivity index (χ4v) is 6.46. The number of alkyl halides is 3. The number of carboxylic acid groups (broad SMARTS) is 1. The summed E-state index contributed by atoms with van der Waals surface area (Å²) in [5.74, 6) is -0.0182. The number of hydrogen-bond acceptors (Lipinski definition) is 4. The second kappa shape index (κ2) is 11.9. The Bertz CT molecular complexity index is 897. The van der Waals surface area contributed by atoms with Crippen LogP contribution in [0.2, 0.25) is 0 Å². The summed E-state index contributed by atoms with van der Waals surface area (Å²) in [6, 6.07) is 9.06. The van der Waals surface area contributed by atoms with Crippen LogP contribution in [0.1, 0.15) is 74.5 Å². The molecule has 200 valence electrons. The van der Waals surface area contributed by atoms with Crippen molar-refractivity contribution in [1.29, 1.82) is 0 Å². The van der Waals surface area contributed by atoms with E-state index in [0.29, 0.717) is 24.2 Å². The normalized spacial score (nSPS) is 27.0. The van der Waals surface area contributed by atoms with Crippen molar-refractivity contribution in [3.05, 3.63) is 35.4 Å². The average Bonchev–Trinajstić information content (AvgIpc) is 3.38. The first-order valence-corrected chi connectivity index (χ1v) is 13.2. The highest BCUT2D eigenvalue weighted by molar-refractivity contribution is 5.77. The van der Waals surface area contributed by atoms with Crippen LogP contribution in [-0.4, -0.2) is 60.9 Å². The number of rotatable bonds is 5. The molecule has 2 aliphatic carbocycles. The highest BCUT2D eigenvalue weighted by Crippen LogP contribution is 2.49. The van der Waals surface area contributed by atoms with Gasteiger partial charge in [-0.25, -0.2) is 4.79 Å². The van der Waals surface area contributed by atoms with Crippen LogP contribution in [0, 0.1) is 17.8 Å². The summed E-state index contributed by atoms with van der Waals surface area (Å²) < 4.78 is 37.2. The Balaban J connectivity index is 0.000000384. The summed E-state index contributed by atoms with van der Waals surface area (Å²) in [6.07, 6.45) is 4.70. The highest BCUT2D eigenvalue weighted by Gasteiger charge is 2.46. The maximum atomic E-state index is 12.9. The van der Waals surface area contributed by atoms with Crippen LogP contribution in [0.3, 0.4) is 0 Å². The number of benzene rings is 1. The summed E-state index contributed by atoms with van der Waals surface area (Å²) in [5, 5.41) is 10.6. The number of amides is 1. The fourth-order valence-electron chi connectivity index (χ4n) is 6.46. The molecule has 2 aliphatic heterocycles. The maximum absolute atomic E-state index is 12.9. The standard InChI is InChI=1S/C25H36N2O2.C2HF3O2/c28-24(14-18-10-12-29-13-11-18)26-25-21-9-5-4-8-20(21)22-16-27(17-23(22)25)15-19-6-2-1-3-7-19;3-2(4,5)1(6)7/h4-5,8-9,18-19,22-23,25H,1-3,6-7,10-17H2,(H,26,28);(H,6,7)/t22-,23-,25+;/m0./s1. The van der Waals surface area contributed by atoms with E-state index in [1.807, 2.05) is 0 Å². The zero-order valence-electron chi connectivity index (χ0n) is 20.6. The zero-order chi connectivity index (χ0) is 25.7. The Morgan fingerprint density at radius 2 is 1.61 bits per heavy atom. The molecule has 36 heavy (non-hydrogen) atoms. The molecule has 2 heterocycles. The molecule has 1 amide bonds. The van der Waals surface area contributed by atoms with E-state index in [4.69, 9.17) is 14.6 Å². The molecule has 1 aromatic carbocycles. The predicted octanol–water partition coefficient (Wildman–Crippen LogP) is 4.90. The first-order valence-electron chi connectivity index (χ1n) is 13.2. The van der Waals surface area contributed by atoms with Gasteiger partial charge in [0.15, 0.2) is 0 Å². The molecule has 4 aliphatic rings. The fraction of sp³-hybridized carbons (Fsp3) is 0.704. The monoisotopic (exact) mass is 510 g/mol. The van der Waals surface area contributed by atoms with E-state index in [-0.39, 0.29) is 11.9 Å². The van der Waals surface area contributed by atoms with Crippen molar-refractivity contribution >= 4 is 11.9 Å². The quantitative estimate of drug-likeness (QED) is 0.589. The van der Waals surface area contributed by atoms with E-state index in [1.165, 1.54) is 56.3 Å².